The van der Waals surface area contributed by atoms with Crippen molar-refractivity contribution < 1.29 is 0 Å². The summed E-state index contributed by atoms with van der Waals surface area (Å²) >= 11 is 6.27. The molecule has 1 aromatic heterocycles. The number of nitrogens with two attached hydrogens (primary N) is 1. The van der Waals surface area contributed by atoms with Gasteiger partial charge in [-0.25, -0.2) is 4.98 Å². The van der Waals surface area contributed by atoms with E-state index in [9.17, 15) is 0 Å². The molecule has 0 unspecified atom stereocenters. The molecule has 2 N–H and O–H groups in total. The quantitative estimate of drug-likeness (QED) is 0.867. The highest BCUT2D eigenvalue weighted by atomic mass is 35.5. The predicted molar refractivity (Wildman–Crippen MR) is 86.1 cm³/mol. The molecule has 4 heteroatoms. The van der Waals surface area contributed by atoms with E-state index in [1.165, 1.54) is 0 Å². The number of benzene rings is 1. The molecular formula is C16H22ClN3. The summed E-state index contributed by atoms with van der Waals surface area (Å²) < 4.78 is 2.13. The summed E-state index contributed by atoms with van der Waals surface area (Å²) in [6, 6.07) is 7.71. The molecule has 2 aromatic rings. The molecule has 0 saturated heterocycles. The summed E-state index contributed by atoms with van der Waals surface area (Å²) in [6.45, 7) is 7.37. The van der Waals surface area contributed by atoms with Crippen LogP contribution >= 0.6 is 11.6 Å². The fraction of sp³-hybridized carbons (Fsp3) is 0.438. The summed E-state index contributed by atoms with van der Waals surface area (Å²) in [6.07, 6.45) is 2.23. The zero-order chi connectivity index (χ0) is 14.7. The second kappa shape index (κ2) is 6.31. The Balaban J connectivity index is 2.53. The average Bonchev–Trinajstić information content (AvgIpc) is 2.74. The number of rotatable bonds is 5. The summed E-state index contributed by atoms with van der Waals surface area (Å²) in [5, 5.41) is 0.689. The number of hydrogen-bond acceptors (Lipinski definition) is 2. The maximum atomic E-state index is 6.33. The van der Waals surface area contributed by atoms with Gasteiger partial charge in [0, 0.05) is 18.0 Å². The smallest absolute Gasteiger partial charge is 0.131 e. The fourth-order valence-electron chi connectivity index (χ4n) is 2.33. The zero-order valence-corrected chi connectivity index (χ0v) is 13.1. The highest BCUT2D eigenvalue weighted by Crippen LogP contribution is 2.33. The molecule has 1 aromatic carbocycles. The van der Waals surface area contributed by atoms with Crippen molar-refractivity contribution in [1.29, 1.82) is 0 Å². The molecule has 108 valence electrons. The van der Waals surface area contributed by atoms with E-state index in [0.29, 0.717) is 10.9 Å². The Morgan fingerprint density at radius 2 is 2.00 bits per heavy atom. The lowest BCUT2D eigenvalue weighted by molar-refractivity contribution is 0.588. The Hall–Kier alpha value is -1.48. The second-order valence-electron chi connectivity index (χ2n) is 5.34. The van der Waals surface area contributed by atoms with Crippen molar-refractivity contribution in [2.24, 2.45) is 0 Å². The third kappa shape index (κ3) is 2.83. The number of aromatic nitrogens is 2. The van der Waals surface area contributed by atoms with Gasteiger partial charge < -0.3 is 10.3 Å². The van der Waals surface area contributed by atoms with Crippen molar-refractivity contribution in [2.45, 2.75) is 46.1 Å². The Morgan fingerprint density at radius 3 is 2.60 bits per heavy atom. The molecule has 0 aliphatic rings. The SMILES string of the molecule is CCCCn1c(C(C)C)nc(-c2ccccc2Cl)c1N. The third-order valence-corrected chi connectivity index (χ3v) is 3.75. The molecule has 0 saturated carbocycles. The fourth-order valence-corrected chi connectivity index (χ4v) is 2.55. The van der Waals surface area contributed by atoms with Crippen molar-refractivity contribution in [1.82, 2.24) is 9.55 Å². The largest absolute Gasteiger partial charge is 0.383 e. The summed E-state index contributed by atoms with van der Waals surface area (Å²) in [5.74, 6) is 2.09. The van der Waals surface area contributed by atoms with E-state index in [0.717, 1.165) is 42.3 Å². The lowest BCUT2D eigenvalue weighted by atomic mass is 10.1. The maximum Gasteiger partial charge on any atom is 0.131 e. The van der Waals surface area contributed by atoms with Gasteiger partial charge in [-0.15, -0.1) is 0 Å². The minimum Gasteiger partial charge on any atom is -0.383 e. The van der Waals surface area contributed by atoms with Crippen LogP contribution in [0.3, 0.4) is 0 Å². The molecule has 20 heavy (non-hydrogen) atoms. The highest BCUT2D eigenvalue weighted by Gasteiger charge is 2.19. The van der Waals surface area contributed by atoms with Crippen molar-refractivity contribution in [3.05, 3.63) is 35.1 Å². The summed E-state index contributed by atoms with van der Waals surface area (Å²) in [5.41, 5.74) is 8.03. The number of unbranched alkanes of at least 4 members (excludes halogenated alkanes) is 1. The van der Waals surface area contributed by atoms with Gasteiger partial charge in [0.05, 0.1) is 5.02 Å². The van der Waals surface area contributed by atoms with E-state index in [4.69, 9.17) is 22.3 Å². The van der Waals surface area contributed by atoms with E-state index < -0.39 is 0 Å². The van der Waals surface area contributed by atoms with Gasteiger partial charge in [-0.05, 0) is 12.5 Å². The molecule has 0 radical (unpaired) electrons. The van der Waals surface area contributed by atoms with E-state index in [2.05, 4.69) is 25.3 Å². The summed E-state index contributed by atoms with van der Waals surface area (Å²) in [4.78, 5) is 4.75. The monoisotopic (exact) mass is 291 g/mol. The summed E-state index contributed by atoms with van der Waals surface area (Å²) in [7, 11) is 0. The molecule has 0 amide bonds. The van der Waals surface area contributed by atoms with Crippen molar-refractivity contribution in [2.75, 3.05) is 5.73 Å². The first-order chi connectivity index (χ1) is 9.56. The van der Waals surface area contributed by atoms with Gasteiger partial charge in [0.15, 0.2) is 0 Å². The first-order valence-electron chi connectivity index (χ1n) is 7.17. The van der Waals surface area contributed by atoms with Gasteiger partial charge >= 0.3 is 0 Å². The molecule has 2 rings (SSSR count). The number of hydrogen-bond donors (Lipinski definition) is 1. The van der Waals surface area contributed by atoms with E-state index in [1.807, 2.05) is 24.3 Å². The Kier molecular flexibility index (Phi) is 4.71. The number of nitrogens with zero attached hydrogens (tertiary/aromatic N) is 2. The molecule has 3 nitrogen and oxygen atoms in total. The number of halogens is 1. The van der Waals surface area contributed by atoms with E-state index in [-0.39, 0.29) is 0 Å². The highest BCUT2D eigenvalue weighted by molar-refractivity contribution is 6.33. The van der Waals surface area contributed by atoms with Gasteiger partial charge in [-0.2, -0.15) is 0 Å². The molecule has 0 aliphatic heterocycles. The Morgan fingerprint density at radius 1 is 1.30 bits per heavy atom. The maximum absolute atomic E-state index is 6.33. The van der Waals surface area contributed by atoms with Gasteiger partial charge in [-0.1, -0.05) is 57.0 Å². The second-order valence-corrected chi connectivity index (χ2v) is 5.75. The Labute approximate surface area is 125 Å². The zero-order valence-electron chi connectivity index (χ0n) is 12.4. The topological polar surface area (TPSA) is 43.8 Å². The first-order valence-corrected chi connectivity index (χ1v) is 7.54. The molecule has 0 atom stereocenters. The number of nitrogen functional groups attached to an aromatic ring is 1. The van der Waals surface area contributed by atoms with Crippen LogP contribution in [0.1, 0.15) is 45.4 Å². The van der Waals surface area contributed by atoms with E-state index >= 15 is 0 Å². The van der Waals surface area contributed by atoms with Crippen LogP contribution in [0.15, 0.2) is 24.3 Å². The van der Waals surface area contributed by atoms with E-state index in [1.54, 1.807) is 0 Å². The van der Waals surface area contributed by atoms with Crippen molar-refractivity contribution in [3.8, 4) is 11.3 Å². The molecule has 0 fully saturated rings. The van der Waals surface area contributed by atoms with Crippen molar-refractivity contribution >= 4 is 17.4 Å². The van der Waals surface area contributed by atoms with Crippen molar-refractivity contribution in [3.63, 3.8) is 0 Å². The molecule has 0 spiro atoms. The standard InChI is InChI=1S/C16H22ClN3/c1-4-5-10-20-15(18)14(19-16(20)11(2)3)12-8-6-7-9-13(12)17/h6-9,11H,4-5,10,18H2,1-3H3. The van der Waals surface area contributed by atoms with Crippen LogP contribution in [0.2, 0.25) is 5.02 Å². The third-order valence-electron chi connectivity index (χ3n) is 3.42. The normalized spacial score (nSPS) is 11.2. The number of anilines is 1. The Bertz CT molecular complexity index is 587. The minimum absolute atomic E-state index is 0.338. The lowest BCUT2D eigenvalue weighted by Crippen LogP contribution is -2.08. The first kappa shape index (κ1) is 14.9. The van der Waals surface area contributed by atoms with Gasteiger partial charge in [-0.3, -0.25) is 0 Å². The molecular weight excluding hydrogens is 270 g/mol. The van der Waals surface area contributed by atoms with Crippen LogP contribution in [-0.2, 0) is 6.54 Å². The molecule has 0 bridgehead atoms. The van der Waals surface area contributed by atoms with Crippen LogP contribution in [0.4, 0.5) is 5.82 Å². The van der Waals surface area contributed by atoms with Crippen LogP contribution in [0.25, 0.3) is 11.3 Å². The minimum atomic E-state index is 0.338. The molecule has 0 aliphatic carbocycles. The van der Waals surface area contributed by atoms with Crippen LogP contribution in [0, 0.1) is 0 Å². The lowest BCUT2D eigenvalue weighted by Gasteiger charge is -2.11. The number of imidazole rings is 1. The van der Waals surface area contributed by atoms with Gasteiger partial charge in [0.25, 0.3) is 0 Å². The van der Waals surface area contributed by atoms with Gasteiger partial charge in [0.1, 0.15) is 17.3 Å². The van der Waals surface area contributed by atoms with Crippen LogP contribution < -0.4 is 5.73 Å². The average molecular weight is 292 g/mol. The van der Waals surface area contributed by atoms with Crippen LogP contribution in [0.5, 0.6) is 0 Å². The van der Waals surface area contributed by atoms with Crippen LogP contribution in [-0.4, -0.2) is 9.55 Å². The predicted octanol–water partition coefficient (Wildman–Crippen LogP) is 4.71. The van der Waals surface area contributed by atoms with Gasteiger partial charge in [0.2, 0.25) is 0 Å². The molecule has 1 heterocycles.